The van der Waals surface area contributed by atoms with E-state index < -0.39 is 0 Å². The van der Waals surface area contributed by atoms with Gasteiger partial charge in [-0.25, -0.2) is 4.98 Å². The number of carbonyl (C=O) groups is 1. The Hall–Kier alpha value is -2.07. The Bertz CT molecular complexity index is 702. The number of nitrogens with one attached hydrogen (secondary N) is 1. The molecule has 126 valence electrons. The Kier molecular flexibility index (Phi) is 5.36. The summed E-state index contributed by atoms with van der Waals surface area (Å²) < 4.78 is 0. The van der Waals surface area contributed by atoms with E-state index in [9.17, 15) is 4.79 Å². The number of hydrogen-bond donors (Lipinski definition) is 1. The van der Waals surface area contributed by atoms with E-state index in [-0.39, 0.29) is 11.9 Å². The standard InChI is InChI=1S/C19H22ClN3O/c1-21-18-13-15(10-11-22-18)17-3-2-12-23(17)19(24)9-6-14-4-7-16(20)8-5-14/h4-5,7-8,10-11,13,17H,2-3,6,9,12H2,1H3,(H,21,22). The fourth-order valence-corrected chi connectivity index (χ4v) is 3.37. The summed E-state index contributed by atoms with van der Waals surface area (Å²) in [4.78, 5) is 19.0. The summed E-state index contributed by atoms with van der Waals surface area (Å²) in [5.41, 5.74) is 2.30. The van der Waals surface area contributed by atoms with Crippen LogP contribution in [0.2, 0.25) is 5.02 Å². The third kappa shape index (κ3) is 3.88. The zero-order chi connectivity index (χ0) is 16.9. The first-order valence-electron chi connectivity index (χ1n) is 8.35. The van der Waals surface area contributed by atoms with Crippen LogP contribution in [0.4, 0.5) is 5.82 Å². The maximum Gasteiger partial charge on any atom is 0.223 e. The second-order valence-electron chi connectivity index (χ2n) is 6.10. The second-order valence-corrected chi connectivity index (χ2v) is 6.53. The van der Waals surface area contributed by atoms with Crippen LogP contribution >= 0.6 is 11.6 Å². The van der Waals surface area contributed by atoms with Gasteiger partial charge in [-0.2, -0.15) is 0 Å². The van der Waals surface area contributed by atoms with Gasteiger partial charge in [-0.15, -0.1) is 0 Å². The first-order valence-corrected chi connectivity index (χ1v) is 8.73. The minimum Gasteiger partial charge on any atom is -0.373 e. The molecule has 1 saturated heterocycles. The summed E-state index contributed by atoms with van der Waals surface area (Å²) in [6.45, 7) is 0.835. The predicted octanol–water partition coefficient (Wildman–Crippen LogP) is 4.07. The molecule has 1 amide bonds. The minimum absolute atomic E-state index is 0.165. The van der Waals surface area contributed by atoms with E-state index in [1.54, 1.807) is 6.20 Å². The summed E-state index contributed by atoms with van der Waals surface area (Å²) in [7, 11) is 1.86. The number of aryl methyl sites for hydroxylation is 1. The molecule has 1 aromatic heterocycles. The van der Waals surface area contributed by atoms with E-state index in [0.717, 1.165) is 47.8 Å². The molecule has 5 heteroatoms. The van der Waals surface area contributed by atoms with Gasteiger partial charge in [0.25, 0.3) is 0 Å². The first-order chi connectivity index (χ1) is 11.7. The maximum absolute atomic E-state index is 12.7. The minimum atomic E-state index is 0.165. The number of aromatic nitrogens is 1. The van der Waals surface area contributed by atoms with E-state index in [2.05, 4.69) is 10.3 Å². The Morgan fingerprint density at radius 3 is 2.88 bits per heavy atom. The van der Waals surface area contributed by atoms with Crippen molar-refractivity contribution in [3.05, 3.63) is 58.7 Å². The Morgan fingerprint density at radius 2 is 2.12 bits per heavy atom. The van der Waals surface area contributed by atoms with Crippen LogP contribution in [-0.4, -0.2) is 29.4 Å². The molecule has 0 bridgehead atoms. The number of halogens is 1. The van der Waals surface area contributed by atoms with Crippen LogP contribution < -0.4 is 5.32 Å². The molecule has 4 nitrogen and oxygen atoms in total. The van der Waals surface area contributed by atoms with Gasteiger partial charge < -0.3 is 10.2 Å². The highest BCUT2D eigenvalue weighted by Gasteiger charge is 2.29. The van der Waals surface area contributed by atoms with Crippen LogP contribution in [0.1, 0.15) is 36.4 Å². The van der Waals surface area contributed by atoms with Crippen molar-refractivity contribution in [2.75, 3.05) is 18.9 Å². The van der Waals surface area contributed by atoms with Crippen molar-refractivity contribution in [2.45, 2.75) is 31.7 Å². The topological polar surface area (TPSA) is 45.2 Å². The highest BCUT2D eigenvalue weighted by Crippen LogP contribution is 2.33. The number of rotatable bonds is 5. The Morgan fingerprint density at radius 1 is 1.33 bits per heavy atom. The monoisotopic (exact) mass is 343 g/mol. The van der Waals surface area contributed by atoms with Crippen LogP contribution in [0.3, 0.4) is 0 Å². The SMILES string of the molecule is CNc1cc(C2CCCN2C(=O)CCc2ccc(Cl)cc2)ccn1. The van der Waals surface area contributed by atoms with E-state index in [1.807, 2.05) is 48.3 Å². The molecule has 0 spiro atoms. The molecule has 2 heterocycles. The summed E-state index contributed by atoms with van der Waals surface area (Å²) in [5.74, 6) is 1.06. The molecule has 1 fully saturated rings. The number of hydrogen-bond acceptors (Lipinski definition) is 3. The van der Waals surface area contributed by atoms with Gasteiger partial charge >= 0.3 is 0 Å². The van der Waals surface area contributed by atoms with Gasteiger partial charge in [0.2, 0.25) is 5.91 Å². The largest absolute Gasteiger partial charge is 0.373 e. The lowest BCUT2D eigenvalue weighted by molar-refractivity contribution is -0.132. The average Bonchev–Trinajstić information content (AvgIpc) is 3.11. The number of nitrogens with zero attached hydrogens (tertiary/aromatic N) is 2. The number of anilines is 1. The van der Waals surface area contributed by atoms with Crippen molar-refractivity contribution in [1.82, 2.24) is 9.88 Å². The van der Waals surface area contributed by atoms with Crippen molar-refractivity contribution in [2.24, 2.45) is 0 Å². The summed E-state index contributed by atoms with van der Waals surface area (Å²) in [6.07, 6.45) is 5.14. The lowest BCUT2D eigenvalue weighted by Crippen LogP contribution is -2.30. The van der Waals surface area contributed by atoms with Gasteiger partial charge in [-0.05, 0) is 54.7 Å². The van der Waals surface area contributed by atoms with Crippen LogP contribution in [0, 0.1) is 0 Å². The second kappa shape index (κ2) is 7.67. The molecule has 0 aliphatic carbocycles. The summed E-state index contributed by atoms with van der Waals surface area (Å²) in [5, 5.41) is 3.79. The van der Waals surface area contributed by atoms with Gasteiger partial charge in [0, 0.05) is 31.2 Å². The fourth-order valence-electron chi connectivity index (χ4n) is 3.25. The molecule has 1 aliphatic rings. The number of likely N-dealkylation sites (tertiary alicyclic amines) is 1. The van der Waals surface area contributed by atoms with E-state index in [4.69, 9.17) is 11.6 Å². The Balaban J connectivity index is 1.65. The molecule has 1 N–H and O–H groups in total. The van der Waals surface area contributed by atoms with Gasteiger partial charge in [0.1, 0.15) is 5.82 Å². The molecule has 1 atom stereocenters. The number of carbonyl (C=O) groups excluding carboxylic acids is 1. The van der Waals surface area contributed by atoms with E-state index in [0.29, 0.717) is 6.42 Å². The molecule has 1 aromatic carbocycles. The molecular formula is C19H22ClN3O. The summed E-state index contributed by atoms with van der Waals surface area (Å²) >= 11 is 5.90. The van der Waals surface area contributed by atoms with Gasteiger partial charge in [0.05, 0.1) is 6.04 Å². The molecular weight excluding hydrogens is 322 g/mol. The van der Waals surface area contributed by atoms with Crippen LogP contribution in [-0.2, 0) is 11.2 Å². The lowest BCUT2D eigenvalue weighted by Gasteiger charge is -2.25. The predicted molar refractivity (Wildman–Crippen MR) is 97.2 cm³/mol. The lowest BCUT2D eigenvalue weighted by atomic mass is 10.0. The smallest absolute Gasteiger partial charge is 0.223 e. The molecule has 0 saturated carbocycles. The molecule has 1 aliphatic heterocycles. The number of pyridine rings is 1. The zero-order valence-electron chi connectivity index (χ0n) is 13.8. The molecule has 0 radical (unpaired) electrons. The fraction of sp³-hybridized carbons (Fsp3) is 0.368. The van der Waals surface area contributed by atoms with Crippen molar-refractivity contribution in [1.29, 1.82) is 0 Å². The van der Waals surface area contributed by atoms with Crippen LogP contribution in [0.15, 0.2) is 42.6 Å². The molecule has 1 unspecified atom stereocenters. The first kappa shape index (κ1) is 16.8. The molecule has 24 heavy (non-hydrogen) atoms. The normalized spacial score (nSPS) is 17.1. The quantitative estimate of drug-likeness (QED) is 0.890. The van der Waals surface area contributed by atoms with E-state index >= 15 is 0 Å². The summed E-state index contributed by atoms with van der Waals surface area (Å²) in [6, 6.07) is 11.9. The Labute approximate surface area is 147 Å². The van der Waals surface area contributed by atoms with Gasteiger partial charge in [-0.3, -0.25) is 4.79 Å². The van der Waals surface area contributed by atoms with Crippen molar-refractivity contribution in [3.8, 4) is 0 Å². The van der Waals surface area contributed by atoms with Gasteiger partial charge in [0.15, 0.2) is 0 Å². The maximum atomic E-state index is 12.7. The zero-order valence-corrected chi connectivity index (χ0v) is 14.6. The highest BCUT2D eigenvalue weighted by molar-refractivity contribution is 6.30. The third-order valence-electron chi connectivity index (χ3n) is 4.54. The third-order valence-corrected chi connectivity index (χ3v) is 4.79. The highest BCUT2D eigenvalue weighted by atomic mass is 35.5. The van der Waals surface area contributed by atoms with E-state index in [1.165, 1.54) is 0 Å². The van der Waals surface area contributed by atoms with Crippen LogP contribution in [0.5, 0.6) is 0 Å². The van der Waals surface area contributed by atoms with Crippen molar-refractivity contribution < 1.29 is 4.79 Å². The van der Waals surface area contributed by atoms with Crippen molar-refractivity contribution in [3.63, 3.8) is 0 Å². The van der Waals surface area contributed by atoms with Gasteiger partial charge in [-0.1, -0.05) is 23.7 Å². The number of amides is 1. The van der Waals surface area contributed by atoms with Crippen molar-refractivity contribution >= 4 is 23.3 Å². The number of benzene rings is 1. The molecule has 2 aromatic rings. The average molecular weight is 344 g/mol. The van der Waals surface area contributed by atoms with Crippen LogP contribution in [0.25, 0.3) is 0 Å². The molecule has 3 rings (SSSR count).